The Morgan fingerprint density at radius 3 is 2.56 bits per heavy atom. The van der Waals surface area contributed by atoms with Gasteiger partial charge in [-0.15, -0.1) is 0 Å². The van der Waals surface area contributed by atoms with Crippen LogP contribution < -0.4 is 10.6 Å². The second kappa shape index (κ2) is 8.10. The standard InChI is InChI=1S/C21H19ClN2O3/c1-3-20(25)23-14-9-8-13(2)17(12-14)24-21(26)19-11-10-18(27-19)15-6-4-5-7-16(15)22/h4-12H,3H2,1-2H3,(H,23,25)(H,24,26). The van der Waals surface area contributed by atoms with Gasteiger partial charge >= 0.3 is 0 Å². The molecule has 0 fully saturated rings. The molecule has 6 heteroatoms. The number of hydrogen-bond acceptors (Lipinski definition) is 3. The number of anilines is 2. The number of benzene rings is 2. The number of carbonyl (C=O) groups is 2. The van der Waals surface area contributed by atoms with Gasteiger partial charge in [0, 0.05) is 23.4 Å². The summed E-state index contributed by atoms with van der Waals surface area (Å²) in [5.41, 5.74) is 2.82. The molecule has 0 unspecified atom stereocenters. The number of nitrogens with one attached hydrogen (secondary N) is 2. The Balaban J connectivity index is 1.79. The summed E-state index contributed by atoms with van der Waals surface area (Å²) < 4.78 is 5.67. The molecule has 1 aromatic heterocycles. The maximum Gasteiger partial charge on any atom is 0.291 e. The first-order chi connectivity index (χ1) is 13.0. The fourth-order valence-electron chi connectivity index (χ4n) is 2.53. The first-order valence-corrected chi connectivity index (χ1v) is 8.92. The Morgan fingerprint density at radius 2 is 1.81 bits per heavy atom. The molecule has 0 radical (unpaired) electrons. The third kappa shape index (κ3) is 4.38. The smallest absolute Gasteiger partial charge is 0.291 e. The third-order valence-corrected chi connectivity index (χ3v) is 4.39. The number of rotatable bonds is 5. The average Bonchev–Trinajstić information content (AvgIpc) is 3.14. The van der Waals surface area contributed by atoms with E-state index >= 15 is 0 Å². The Bertz CT molecular complexity index is 995. The van der Waals surface area contributed by atoms with Crippen molar-refractivity contribution in [1.82, 2.24) is 0 Å². The van der Waals surface area contributed by atoms with Crippen LogP contribution in [0.2, 0.25) is 5.02 Å². The van der Waals surface area contributed by atoms with Crippen molar-refractivity contribution in [2.75, 3.05) is 10.6 Å². The van der Waals surface area contributed by atoms with Crippen LogP contribution in [-0.4, -0.2) is 11.8 Å². The third-order valence-electron chi connectivity index (χ3n) is 4.06. The van der Waals surface area contributed by atoms with E-state index in [0.29, 0.717) is 28.6 Å². The molecule has 0 aliphatic carbocycles. The van der Waals surface area contributed by atoms with E-state index in [0.717, 1.165) is 11.1 Å². The highest BCUT2D eigenvalue weighted by Crippen LogP contribution is 2.29. The number of hydrogen-bond donors (Lipinski definition) is 2. The zero-order chi connectivity index (χ0) is 19.4. The summed E-state index contributed by atoms with van der Waals surface area (Å²) in [4.78, 5) is 24.1. The van der Waals surface area contributed by atoms with Gasteiger partial charge in [-0.2, -0.15) is 0 Å². The Labute approximate surface area is 162 Å². The molecule has 2 N–H and O–H groups in total. The number of carbonyl (C=O) groups excluding carboxylic acids is 2. The number of halogens is 1. The molecule has 0 saturated heterocycles. The summed E-state index contributed by atoms with van der Waals surface area (Å²) >= 11 is 6.17. The van der Waals surface area contributed by atoms with Crippen LogP contribution in [-0.2, 0) is 4.79 Å². The van der Waals surface area contributed by atoms with Crippen molar-refractivity contribution < 1.29 is 14.0 Å². The topological polar surface area (TPSA) is 71.3 Å². The van der Waals surface area contributed by atoms with E-state index in [4.69, 9.17) is 16.0 Å². The van der Waals surface area contributed by atoms with Crippen LogP contribution >= 0.6 is 11.6 Å². The normalized spacial score (nSPS) is 10.5. The molecular formula is C21H19ClN2O3. The summed E-state index contributed by atoms with van der Waals surface area (Å²) in [5, 5.41) is 6.15. The van der Waals surface area contributed by atoms with E-state index in [2.05, 4.69) is 10.6 Å². The maximum absolute atomic E-state index is 12.6. The minimum absolute atomic E-state index is 0.0912. The summed E-state index contributed by atoms with van der Waals surface area (Å²) in [5.74, 6) is 0.223. The van der Waals surface area contributed by atoms with Crippen molar-refractivity contribution in [3.63, 3.8) is 0 Å². The molecule has 3 rings (SSSR count). The fourth-order valence-corrected chi connectivity index (χ4v) is 2.76. The lowest BCUT2D eigenvalue weighted by molar-refractivity contribution is -0.115. The predicted molar refractivity (Wildman–Crippen MR) is 107 cm³/mol. The highest BCUT2D eigenvalue weighted by molar-refractivity contribution is 6.33. The van der Waals surface area contributed by atoms with Crippen molar-refractivity contribution in [1.29, 1.82) is 0 Å². The molecule has 0 bridgehead atoms. The lowest BCUT2D eigenvalue weighted by atomic mass is 10.1. The van der Waals surface area contributed by atoms with Gasteiger partial charge in [0.15, 0.2) is 5.76 Å². The average molecular weight is 383 g/mol. The first kappa shape index (κ1) is 18.7. The highest BCUT2D eigenvalue weighted by atomic mass is 35.5. The van der Waals surface area contributed by atoms with E-state index in [1.165, 1.54) is 0 Å². The van der Waals surface area contributed by atoms with Gasteiger partial charge in [0.05, 0.1) is 5.02 Å². The monoisotopic (exact) mass is 382 g/mol. The molecule has 2 amide bonds. The van der Waals surface area contributed by atoms with Crippen molar-refractivity contribution in [2.24, 2.45) is 0 Å². The zero-order valence-electron chi connectivity index (χ0n) is 15.0. The van der Waals surface area contributed by atoms with Crippen molar-refractivity contribution >= 4 is 34.8 Å². The quantitative estimate of drug-likeness (QED) is 0.611. The molecule has 0 atom stereocenters. The molecule has 0 saturated carbocycles. The van der Waals surface area contributed by atoms with Gasteiger partial charge in [0.25, 0.3) is 5.91 Å². The Morgan fingerprint density at radius 1 is 1.04 bits per heavy atom. The fraction of sp³-hybridized carbons (Fsp3) is 0.143. The first-order valence-electron chi connectivity index (χ1n) is 8.54. The summed E-state index contributed by atoms with van der Waals surface area (Å²) in [6.07, 6.45) is 0.382. The van der Waals surface area contributed by atoms with E-state index in [1.54, 1.807) is 37.3 Å². The molecule has 0 spiro atoms. The molecule has 0 aliphatic heterocycles. The van der Waals surface area contributed by atoms with Crippen LogP contribution in [0.15, 0.2) is 59.0 Å². The van der Waals surface area contributed by atoms with Gasteiger partial charge in [-0.05, 0) is 48.9 Å². The van der Waals surface area contributed by atoms with E-state index < -0.39 is 0 Å². The van der Waals surface area contributed by atoms with E-state index in [9.17, 15) is 9.59 Å². The lowest BCUT2D eigenvalue weighted by Crippen LogP contribution is -2.13. The SMILES string of the molecule is CCC(=O)Nc1ccc(C)c(NC(=O)c2ccc(-c3ccccc3Cl)o2)c1. The second-order valence-corrected chi connectivity index (χ2v) is 6.44. The number of aryl methyl sites for hydroxylation is 1. The predicted octanol–water partition coefficient (Wildman–Crippen LogP) is 5.51. The largest absolute Gasteiger partial charge is 0.451 e. The van der Waals surface area contributed by atoms with Crippen LogP contribution in [0, 0.1) is 6.92 Å². The van der Waals surface area contributed by atoms with Gasteiger partial charge in [-0.3, -0.25) is 9.59 Å². The molecule has 0 aliphatic rings. The minimum atomic E-state index is -0.379. The van der Waals surface area contributed by atoms with Crippen LogP contribution in [0.3, 0.4) is 0 Å². The molecule has 3 aromatic rings. The van der Waals surface area contributed by atoms with Gasteiger partial charge in [-0.1, -0.05) is 36.7 Å². The van der Waals surface area contributed by atoms with Crippen molar-refractivity contribution in [3.8, 4) is 11.3 Å². The molecular weight excluding hydrogens is 364 g/mol. The van der Waals surface area contributed by atoms with Gasteiger partial charge < -0.3 is 15.1 Å². The lowest BCUT2D eigenvalue weighted by Gasteiger charge is -2.10. The molecule has 27 heavy (non-hydrogen) atoms. The molecule has 5 nitrogen and oxygen atoms in total. The van der Waals surface area contributed by atoms with Gasteiger partial charge in [-0.25, -0.2) is 0 Å². The van der Waals surface area contributed by atoms with Gasteiger partial charge in [0.2, 0.25) is 5.91 Å². The van der Waals surface area contributed by atoms with Crippen LogP contribution in [0.1, 0.15) is 29.5 Å². The highest BCUT2D eigenvalue weighted by Gasteiger charge is 2.15. The van der Waals surface area contributed by atoms with E-state index in [1.807, 2.05) is 31.2 Å². The Kier molecular flexibility index (Phi) is 5.62. The van der Waals surface area contributed by atoms with Crippen molar-refractivity contribution in [2.45, 2.75) is 20.3 Å². The number of furan rings is 1. The van der Waals surface area contributed by atoms with Gasteiger partial charge in [0.1, 0.15) is 5.76 Å². The second-order valence-electron chi connectivity index (χ2n) is 6.03. The van der Waals surface area contributed by atoms with E-state index in [-0.39, 0.29) is 17.6 Å². The van der Waals surface area contributed by atoms with Crippen LogP contribution in [0.4, 0.5) is 11.4 Å². The van der Waals surface area contributed by atoms with Crippen molar-refractivity contribution in [3.05, 3.63) is 70.9 Å². The van der Waals surface area contributed by atoms with Crippen LogP contribution in [0.5, 0.6) is 0 Å². The zero-order valence-corrected chi connectivity index (χ0v) is 15.8. The summed E-state index contributed by atoms with van der Waals surface area (Å²) in [6.45, 7) is 3.65. The Hall–Kier alpha value is -3.05. The summed E-state index contributed by atoms with van der Waals surface area (Å²) in [7, 11) is 0. The molecule has 138 valence electrons. The minimum Gasteiger partial charge on any atom is -0.451 e. The maximum atomic E-state index is 12.6. The summed E-state index contributed by atoms with van der Waals surface area (Å²) in [6, 6.07) is 15.9. The van der Waals surface area contributed by atoms with Crippen LogP contribution in [0.25, 0.3) is 11.3 Å². The molecule has 2 aromatic carbocycles. The molecule has 1 heterocycles. The number of amides is 2.